The first-order valence-corrected chi connectivity index (χ1v) is 6.70. The van der Waals surface area contributed by atoms with Crippen molar-refractivity contribution in [1.29, 1.82) is 0 Å². The van der Waals surface area contributed by atoms with Crippen molar-refractivity contribution in [3.63, 3.8) is 0 Å². The summed E-state index contributed by atoms with van der Waals surface area (Å²) in [5, 5.41) is 14.5. The normalized spacial score (nSPS) is 12.5. The molecule has 1 amide bonds. The fourth-order valence-electron chi connectivity index (χ4n) is 1.59. The third-order valence-corrected chi connectivity index (χ3v) is 3.13. The zero-order valence-corrected chi connectivity index (χ0v) is 13.1. The van der Waals surface area contributed by atoms with Crippen LogP contribution in [0.1, 0.15) is 52.1 Å². The highest BCUT2D eigenvalue weighted by Crippen LogP contribution is 2.31. The molecule has 114 valence electrons. The lowest BCUT2D eigenvalue weighted by Gasteiger charge is -2.16. The Balaban J connectivity index is 2.21. The van der Waals surface area contributed by atoms with E-state index in [9.17, 15) is 4.79 Å². The summed E-state index contributed by atoms with van der Waals surface area (Å²) in [6.45, 7) is 11.0. The van der Waals surface area contributed by atoms with Gasteiger partial charge in [-0.25, -0.2) is 0 Å². The number of anilines is 1. The van der Waals surface area contributed by atoms with Crippen LogP contribution in [0.4, 0.5) is 5.88 Å². The summed E-state index contributed by atoms with van der Waals surface area (Å²) in [4.78, 5) is 11.9. The van der Waals surface area contributed by atoms with Gasteiger partial charge in [-0.2, -0.15) is 0 Å². The van der Waals surface area contributed by atoms with Crippen LogP contribution >= 0.6 is 0 Å². The number of carbonyl (C=O) groups is 1. The van der Waals surface area contributed by atoms with Crippen LogP contribution in [0.15, 0.2) is 15.0 Å². The van der Waals surface area contributed by atoms with Crippen LogP contribution in [0.3, 0.4) is 0 Å². The highest BCUT2D eigenvalue weighted by atomic mass is 16.5. The van der Waals surface area contributed by atoms with Crippen LogP contribution in [0.25, 0.3) is 0 Å². The van der Waals surface area contributed by atoms with Gasteiger partial charge in [0.25, 0.3) is 0 Å². The number of rotatable bonds is 3. The van der Waals surface area contributed by atoms with E-state index in [0.29, 0.717) is 23.4 Å². The molecule has 0 saturated heterocycles. The monoisotopic (exact) mass is 292 g/mol. The van der Waals surface area contributed by atoms with E-state index in [0.717, 1.165) is 0 Å². The molecule has 0 fully saturated rings. The summed E-state index contributed by atoms with van der Waals surface area (Å²) in [7, 11) is 0. The van der Waals surface area contributed by atoms with Gasteiger partial charge in [-0.15, -0.1) is 10.2 Å². The average molecular weight is 292 g/mol. The van der Waals surface area contributed by atoms with Gasteiger partial charge >= 0.3 is 0 Å². The molecular formula is C14H20N4O3. The van der Waals surface area contributed by atoms with Crippen molar-refractivity contribution in [3.05, 3.63) is 23.5 Å². The maximum atomic E-state index is 11.9. The maximum absolute atomic E-state index is 11.9. The summed E-state index contributed by atoms with van der Waals surface area (Å²) in [6, 6.07) is 1.67. The highest BCUT2D eigenvalue weighted by Gasteiger charge is 2.33. The molecule has 0 unspecified atom stereocenters. The van der Waals surface area contributed by atoms with Crippen LogP contribution in [-0.4, -0.2) is 21.3 Å². The van der Waals surface area contributed by atoms with Crippen molar-refractivity contribution < 1.29 is 13.7 Å². The van der Waals surface area contributed by atoms with E-state index in [1.54, 1.807) is 13.0 Å². The van der Waals surface area contributed by atoms with E-state index in [2.05, 4.69) is 20.7 Å². The lowest BCUT2D eigenvalue weighted by atomic mass is 9.89. The van der Waals surface area contributed by atoms with Crippen molar-refractivity contribution in [2.24, 2.45) is 5.41 Å². The minimum absolute atomic E-state index is 0.142. The number of hydrogen-bond acceptors (Lipinski definition) is 6. The third kappa shape index (κ3) is 3.12. The first kappa shape index (κ1) is 15.2. The predicted molar refractivity (Wildman–Crippen MR) is 75.8 cm³/mol. The molecule has 0 aromatic carbocycles. The number of nitrogens with zero attached hydrogens (tertiary/aromatic N) is 3. The lowest BCUT2D eigenvalue weighted by molar-refractivity contribution is -0.123. The molecule has 2 aromatic heterocycles. The smallest absolute Gasteiger partial charge is 0.232 e. The van der Waals surface area contributed by atoms with Crippen LogP contribution in [0.5, 0.6) is 0 Å². The molecule has 0 aliphatic carbocycles. The molecule has 0 bridgehead atoms. The number of amides is 1. The fourth-order valence-corrected chi connectivity index (χ4v) is 1.59. The van der Waals surface area contributed by atoms with E-state index in [1.807, 2.05) is 34.6 Å². The molecule has 2 heterocycles. The van der Waals surface area contributed by atoms with Crippen LogP contribution < -0.4 is 5.32 Å². The quantitative estimate of drug-likeness (QED) is 0.934. The summed E-state index contributed by atoms with van der Waals surface area (Å²) < 4.78 is 10.6. The van der Waals surface area contributed by atoms with E-state index in [-0.39, 0.29) is 5.91 Å². The summed E-state index contributed by atoms with van der Waals surface area (Å²) in [5.41, 5.74) is -0.503. The molecule has 0 aliphatic rings. The van der Waals surface area contributed by atoms with E-state index in [1.165, 1.54) is 0 Å². The van der Waals surface area contributed by atoms with Gasteiger partial charge in [0.2, 0.25) is 23.6 Å². The Morgan fingerprint density at radius 2 is 1.86 bits per heavy atom. The number of aryl methyl sites for hydroxylation is 1. The molecule has 0 aliphatic heterocycles. The zero-order valence-electron chi connectivity index (χ0n) is 13.1. The first-order valence-electron chi connectivity index (χ1n) is 6.70. The SMILES string of the molecule is Cc1nnc(C(C)(C)c2cc(NC(=O)C(C)(C)C)on2)o1. The molecule has 21 heavy (non-hydrogen) atoms. The number of carbonyl (C=O) groups excluding carboxylic acids is 1. The van der Waals surface area contributed by atoms with Crippen LogP contribution in [0, 0.1) is 12.3 Å². The number of hydrogen-bond donors (Lipinski definition) is 1. The van der Waals surface area contributed by atoms with E-state index in [4.69, 9.17) is 8.94 Å². The second-order valence-corrected chi connectivity index (χ2v) is 6.53. The highest BCUT2D eigenvalue weighted by molar-refractivity contribution is 5.93. The largest absolute Gasteiger partial charge is 0.425 e. The number of aromatic nitrogens is 3. The Kier molecular flexibility index (Phi) is 3.61. The van der Waals surface area contributed by atoms with Crippen molar-refractivity contribution >= 4 is 11.8 Å². The fraction of sp³-hybridized carbons (Fsp3) is 0.571. The summed E-state index contributed by atoms with van der Waals surface area (Å²) >= 11 is 0. The average Bonchev–Trinajstić information content (AvgIpc) is 2.97. The minimum atomic E-state index is -0.602. The van der Waals surface area contributed by atoms with Gasteiger partial charge in [-0.1, -0.05) is 25.9 Å². The Morgan fingerprint density at radius 3 is 2.38 bits per heavy atom. The standard InChI is InChI=1S/C14H20N4O3/c1-8-16-17-12(20-8)14(5,6)9-7-10(21-18-9)15-11(19)13(2,3)4/h7H,1-6H3,(H,15,19). The second kappa shape index (κ2) is 4.98. The van der Waals surface area contributed by atoms with Gasteiger partial charge in [0, 0.05) is 18.4 Å². The predicted octanol–water partition coefficient (Wildman–Crippen LogP) is 2.68. The Labute approximate surface area is 123 Å². The van der Waals surface area contributed by atoms with Crippen LogP contribution in [0.2, 0.25) is 0 Å². The second-order valence-electron chi connectivity index (χ2n) is 6.53. The van der Waals surface area contributed by atoms with E-state index < -0.39 is 10.8 Å². The van der Waals surface area contributed by atoms with Gasteiger partial charge < -0.3 is 8.94 Å². The van der Waals surface area contributed by atoms with E-state index >= 15 is 0 Å². The van der Waals surface area contributed by atoms with Crippen LogP contribution in [-0.2, 0) is 10.2 Å². The molecular weight excluding hydrogens is 272 g/mol. The van der Waals surface area contributed by atoms with Crippen molar-refractivity contribution in [1.82, 2.24) is 15.4 Å². The Bertz CT molecular complexity index is 649. The Hall–Kier alpha value is -2.18. The molecule has 2 aromatic rings. The minimum Gasteiger partial charge on any atom is -0.425 e. The van der Waals surface area contributed by atoms with Gasteiger partial charge in [-0.05, 0) is 13.8 Å². The van der Waals surface area contributed by atoms with Crippen molar-refractivity contribution in [3.8, 4) is 0 Å². The van der Waals surface area contributed by atoms with Gasteiger partial charge in [0.15, 0.2) is 0 Å². The van der Waals surface area contributed by atoms with Crippen molar-refractivity contribution in [2.75, 3.05) is 5.32 Å². The molecule has 1 N–H and O–H groups in total. The molecule has 7 heteroatoms. The molecule has 2 rings (SSSR count). The molecule has 0 radical (unpaired) electrons. The van der Waals surface area contributed by atoms with Gasteiger partial charge in [0.05, 0.1) is 5.41 Å². The number of nitrogens with one attached hydrogen (secondary N) is 1. The lowest BCUT2D eigenvalue weighted by Crippen LogP contribution is -2.27. The summed E-state index contributed by atoms with van der Waals surface area (Å²) in [6.07, 6.45) is 0. The zero-order chi connectivity index (χ0) is 15.8. The first-order chi connectivity index (χ1) is 9.60. The van der Waals surface area contributed by atoms with Gasteiger partial charge in [-0.3, -0.25) is 10.1 Å². The molecule has 7 nitrogen and oxygen atoms in total. The van der Waals surface area contributed by atoms with Gasteiger partial charge in [0.1, 0.15) is 5.69 Å². The van der Waals surface area contributed by atoms with Crippen molar-refractivity contribution in [2.45, 2.75) is 47.0 Å². The maximum Gasteiger partial charge on any atom is 0.232 e. The summed E-state index contributed by atoms with van der Waals surface area (Å²) in [5.74, 6) is 1.09. The Morgan fingerprint density at radius 1 is 1.19 bits per heavy atom. The topological polar surface area (TPSA) is 94.1 Å². The molecule has 0 spiro atoms. The molecule has 0 atom stereocenters. The third-order valence-electron chi connectivity index (χ3n) is 3.13. The molecule has 0 saturated carbocycles.